The van der Waals surface area contributed by atoms with Gasteiger partial charge in [0.1, 0.15) is 11.6 Å². The van der Waals surface area contributed by atoms with Crippen molar-refractivity contribution >= 4 is 40.5 Å². The predicted octanol–water partition coefficient (Wildman–Crippen LogP) is 3.42. The number of aryl methyl sites for hydroxylation is 1. The van der Waals surface area contributed by atoms with Gasteiger partial charge in [-0.1, -0.05) is 29.3 Å². The molecule has 0 aliphatic rings. The maximum Gasteiger partial charge on any atom is 0.149 e. The molecule has 0 spiro atoms. The minimum atomic E-state index is 0.358. The molecule has 1 aromatic heterocycles. The van der Waals surface area contributed by atoms with Gasteiger partial charge in [0.25, 0.3) is 0 Å². The lowest BCUT2D eigenvalue weighted by Crippen LogP contribution is -1.98. The molecule has 3 N–H and O–H groups in total. The molecule has 0 bridgehead atoms. The Morgan fingerprint density at radius 3 is 2.59 bits per heavy atom. The minimum Gasteiger partial charge on any atom is -0.382 e. The summed E-state index contributed by atoms with van der Waals surface area (Å²) in [6.07, 6.45) is 2.98. The molecule has 0 atom stereocenters. The Labute approximate surface area is 109 Å². The standard InChI is InChI=1S/C11H10Cl2N4/c1-6-2-3-7(12)11(10(6)13)17-9-5-15-8(14)4-16-9/h2-5H,1H3,(H2,14,15)(H,16,17). The summed E-state index contributed by atoms with van der Waals surface area (Å²) in [6.45, 7) is 1.90. The zero-order valence-corrected chi connectivity index (χ0v) is 10.5. The fourth-order valence-corrected chi connectivity index (χ4v) is 1.77. The lowest BCUT2D eigenvalue weighted by molar-refractivity contribution is 1.21. The van der Waals surface area contributed by atoms with Gasteiger partial charge in [-0.3, -0.25) is 0 Å². The van der Waals surface area contributed by atoms with Gasteiger partial charge < -0.3 is 11.1 Å². The zero-order chi connectivity index (χ0) is 12.4. The van der Waals surface area contributed by atoms with Crippen LogP contribution in [-0.4, -0.2) is 9.97 Å². The summed E-state index contributed by atoms with van der Waals surface area (Å²) in [5.74, 6) is 0.894. The number of anilines is 3. The first kappa shape index (κ1) is 12.0. The van der Waals surface area contributed by atoms with Crippen LogP contribution in [-0.2, 0) is 0 Å². The molecule has 0 unspecified atom stereocenters. The van der Waals surface area contributed by atoms with E-state index in [4.69, 9.17) is 28.9 Å². The molecule has 2 aromatic rings. The normalized spacial score (nSPS) is 10.3. The van der Waals surface area contributed by atoms with Gasteiger partial charge in [0.2, 0.25) is 0 Å². The van der Waals surface area contributed by atoms with Crippen LogP contribution >= 0.6 is 23.2 Å². The Morgan fingerprint density at radius 2 is 1.94 bits per heavy atom. The second-order valence-electron chi connectivity index (χ2n) is 3.50. The van der Waals surface area contributed by atoms with Crippen molar-refractivity contribution in [3.05, 3.63) is 40.1 Å². The van der Waals surface area contributed by atoms with Crippen LogP contribution in [0.25, 0.3) is 0 Å². The Bertz CT molecular complexity index is 540. The van der Waals surface area contributed by atoms with E-state index in [9.17, 15) is 0 Å². The fraction of sp³-hybridized carbons (Fsp3) is 0.0909. The molecule has 4 nitrogen and oxygen atoms in total. The highest BCUT2D eigenvalue weighted by Crippen LogP contribution is 2.34. The predicted molar refractivity (Wildman–Crippen MR) is 70.9 cm³/mol. The van der Waals surface area contributed by atoms with Gasteiger partial charge in [-0.05, 0) is 18.6 Å². The Hall–Kier alpha value is -1.52. The molecule has 0 aliphatic carbocycles. The van der Waals surface area contributed by atoms with Crippen LogP contribution in [0.4, 0.5) is 17.3 Å². The van der Waals surface area contributed by atoms with Gasteiger partial charge in [0.05, 0.1) is 28.1 Å². The maximum absolute atomic E-state index is 6.16. The summed E-state index contributed by atoms with van der Waals surface area (Å²) in [6, 6.07) is 3.63. The molecule has 0 saturated heterocycles. The van der Waals surface area contributed by atoms with E-state index in [1.165, 1.54) is 12.4 Å². The Kier molecular flexibility index (Phi) is 3.36. The van der Waals surface area contributed by atoms with Crippen LogP contribution in [0, 0.1) is 6.92 Å². The van der Waals surface area contributed by atoms with E-state index in [0.29, 0.717) is 27.4 Å². The SMILES string of the molecule is Cc1ccc(Cl)c(Nc2cnc(N)cn2)c1Cl. The Morgan fingerprint density at radius 1 is 1.18 bits per heavy atom. The average molecular weight is 269 g/mol. The van der Waals surface area contributed by atoms with Crippen molar-refractivity contribution < 1.29 is 0 Å². The van der Waals surface area contributed by atoms with E-state index in [2.05, 4.69) is 15.3 Å². The number of rotatable bonds is 2. The van der Waals surface area contributed by atoms with Crippen LogP contribution in [0.5, 0.6) is 0 Å². The summed E-state index contributed by atoms with van der Waals surface area (Å²) in [7, 11) is 0. The van der Waals surface area contributed by atoms with Gasteiger partial charge in [-0.25, -0.2) is 9.97 Å². The van der Waals surface area contributed by atoms with E-state index in [1.54, 1.807) is 6.07 Å². The molecule has 0 radical (unpaired) electrons. The molecule has 1 heterocycles. The average Bonchev–Trinajstić information content (AvgIpc) is 2.32. The highest BCUT2D eigenvalue weighted by atomic mass is 35.5. The van der Waals surface area contributed by atoms with Gasteiger partial charge in [0, 0.05) is 0 Å². The van der Waals surface area contributed by atoms with Crippen molar-refractivity contribution in [2.75, 3.05) is 11.1 Å². The topological polar surface area (TPSA) is 63.8 Å². The molecule has 6 heteroatoms. The van der Waals surface area contributed by atoms with Crippen molar-refractivity contribution in [2.45, 2.75) is 6.92 Å². The van der Waals surface area contributed by atoms with Gasteiger partial charge >= 0.3 is 0 Å². The van der Waals surface area contributed by atoms with E-state index in [-0.39, 0.29) is 0 Å². The highest BCUT2D eigenvalue weighted by molar-refractivity contribution is 6.39. The summed E-state index contributed by atoms with van der Waals surface area (Å²) in [5, 5.41) is 4.11. The fourth-order valence-electron chi connectivity index (χ4n) is 1.30. The number of benzene rings is 1. The molecule has 0 saturated carbocycles. The zero-order valence-electron chi connectivity index (χ0n) is 9.04. The molecule has 0 amide bonds. The molecule has 2 rings (SSSR count). The highest BCUT2D eigenvalue weighted by Gasteiger charge is 2.09. The van der Waals surface area contributed by atoms with Crippen LogP contribution in [0.2, 0.25) is 10.0 Å². The van der Waals surface area contributed by atoms with Crippen LogP contribution in [0.3, 0.4) is 0 Å². The second kappa shape index (κ2) is 4.77. The van der Waals surface area contributed by atoms with Gasteiger partial charge in [0.15, 0.2) is 0 Å². The minimum absolute atomic E-state index is 0.358. The molecule has 88 valence electrons. The number of nitrogens with two attached hydrogens (primary N) is 1. The third-order valence-corrected chi connectivity index (χ3v) is 3.01. The first-order valence-electron chi connectivity index (χ1n) is 4.87. The molecule has 0 fully saturated rings. The molecule has 17 heavy (non-hydrogen) atoms. The van der Waals surface area contributed by atoms with Gasteiger partial charge in [-0.2, -0.15) is 0 Å². The number of halogens is 2. The molecular formula is C11H10Cl2N4. The number of nitrogens with zero attached hydrogens (tertiary/aromatic N) is 2. The monoisotopic (exact) mass is 268 g/mol. The van der Waals surface area contributed by atoms with Gasteiger partial charge in [-0.15, -0.1) is 0 Å². The van der Waals surface area contributed by atoms with Crippen LogP contribution < -0.4 is 11.1 Å². The first-order chi connectivity index (χ1) is 8.08. The number of hydrogen-bond donors (Lipinski definition) is 2. The third kappa shape index (κ3) is 2.60. The van der Waals surface area contributed by atoms with E-state index < -0.39 is 0 Å². The van der Waals surface area contributed by atoms with Crippen molar-refractivity contribution in [2.24, 2.45) is 0 Å². The van der Waals surface area contributed by atoms with Crippen molar-refractivity contribution in [3.63, 3.8) is 0 Å². The second-order valence-corrected chi connectivity index (χ2v) is 4.29. The van der Waals surface area contributed by atoms with E-state index >= 15 is 0 Å². The van der Waals surface area contributed by atoms with E-state index in [0.717, 1.165) is 5.56 Å². The van der Waals surface area contributed by atoms with Crippen molar-refractivity contribution in [1.29, 1.82) is 0 Å². The number of hydrogen-bond acceptors (Lipinski definition) is 4. The lowest BCUT2D eigenvalue weighted by atomic mass is 10.2. The summed E-state index contributed by atoms with van der Waals surface area (Å²) in [4.78, 5) is 7.99. The lowest BCUT2D eigenvalue weighted by Gasteiger charge is -2.11. The van der Waals surface area contributed by atoms with Crippen LogP contribution in [0.15, 0.2) is 24.5 Å². The van der Waals surface area contributed by atoms with Crippen molar-refractivity contribution in [3.8, 4) is 0 Å². The number of nitrogen functional groups attached to an aromatic ring is 1. The third-order valence-electron chi connectivity index (χ3n) is 2.21. The van der Waals surface area contributed by atoms with Crippen molar-refractivity contribution in [1.82, 2.24) is 9.97 Å². The number of aromatic nitrogens is 2. The maximum atomic E-state index is 6.16. The van der Waals surface area contributed by atoms with Crippen LogP contribution in [0.1, 0.15) is 5.56 Å². The molecule has 1 aromatic carbocycles. The summed E-state index contributed by atoms with van der Waals surface area (Å²) >= 11 is 12.2. The summed E-state index contributed by atoms with van der Waals surface area (Å²) < 4.78 is 0. The Balaban J connectivity index is 2.36. The largest absolute Gasteiger partial charge is 0.382 e. The smallest absolute Gasteiger partial charge is 0.149 e. The molecule has 0 aliphatic heterocycles. The first-order valence-corrected chi connectivity index (χ1v) is 5.62. The summed E-state index contributed by atoms with van der Waals surface area (Å²) in [5.41, 5.74) is 7.00. The number of nitrogens with one attached hydrogen (secondary N) is 1. The quantitative estimate of drug-likeness (QED) is 0.876. The molecular weight excluding hydrogens is 259 g/mol. The van der Waals surface area contributed by atoms with E-state index in [1.807, 2.05) is 13.0 Å².